The van der Waals surface area contributed by atoms with Crippen LogP contribution in [0.3, 0.4) is 0 Å². The lowest BCUT2D eigenvalue weighted by Crippen LogP contribution is -2.53. The molecule has 0 spiro atoms. The summed E-state index contributed by atoms with van der Waals surface area (Å²) in [5, 5.41) is 0.632. The summed E-state index contributed by atoms with van der Waals surface area (Å²) in [5.74, 6) is -0.716. The van der Waals surface area contributed by atoms with Crippen molar-refractivity contribution in [1.82, 2.24) is 14.8 Å². The van der Waals surface area contributed by atoms with Gasteiger partial charge in [0.25, 0.3) is 0 Å². The lowest BCUT2D eigenvalue weighted by atomic mass is 9.83. The number of piperidine rings is 2. The first kappa shape index (κ1) is 37.3. The predicted octanol–water partition coefficient (Wildman–Crippen LogP) is 6.30. The van der Waals surface area contributed by atoms with Crippen molar-refractivity contribution in [3.63, 3.8) is 0 Å². The molecule has 3 aliphatic rings. The number of sulfone groups is 1. The van der Waals surface area contributed by atoms with Gasteiger partial charge in [0.05, 0.1) is 29.3 Å². The van der Waals surface area contributed by atoms with E-state index in [9.17, 15) is 13.0 Å². The number of aromatic nitrogens is 1. The average Bonchev–Trinajstić information content (AvgIpc) is 3.07. The number of nitrogens with zero attached hydrogens (tertiary/aromatic N) is 4. The van der Waals surface area contributed by atoms with Crippen LogP contribution in [0.4, 0.5) is 10.1 Å². The molecule has 3 fully saturated rings. The van der Waals surface area contributed by atoms with Gasteiger partial charge in [-0.1, -0.05) is 20.8 Å². The van der Waals surface area contributed by atoms with Crippen LogP contribution in [0.25, 0.3) is 10.9 Å². The van der Waals surface area contributed by atoms with Gasteiger partial charge < -0.3 is 23.8 Å². The van der Waals surface area contributed by atoms with E-state index in [0.717, 1.165) is 71.1 Å². The summed E-state index contributed by atoms with van der Waals surface area (Å²) < 4.78 is 68.6. The molecule has 1 atom stereocenters. The second-order valence-electron chi connectivity index (χ2n) is 15.9. The number of benzene rings is 2. The van der Waals surface area contributed by atoms with Gasteiger partial charge in [-0.2, -0.15) is 0 Å². The molecule has 3 aliphatic heterocycles. The highest BCUT2D eigenvalue weighted by Crippen LogP contribution is 2.40. The lowest BCUT2D eigenvalue weighted by molar-refractivity contribution is -0.00446. The molecule has 0 radical (unpaired) electrons. The van der Waals surface area contributed by atoms with Gasteiger partial charge in [0, 0.05) is 55.9 Å². The largest absolute Gasteiger partial charge is 0.612 e. The lowest BCUT2D eigenvalue weighted by Gasteiger charge is -2.45. The molecule has 2 aromatic carbocycles. The highest BCUT2D eigenvalue weighted by atomic mass is 32.2. The fraction of sp³-hybridized carbons (Fsp3) is 0.605. The highest BCUT2D eigenvalue weighted by Gasteiger charge is 2.35. The molecular weight excluding hydrogens is 676 g/mol. The minimum atomic E-state index is -4.21. The number of ether oxygens (including phenoxy) is 2. The summed E-state index contributed by atoms with van der Waals surface area (Å²) in [5.41, 5.74) is 0.466. The number of hydrogen-bond acceptors (Lipinski definition) is 9. The van der Waals surface area contributed by atoms with E-state index in [0.29, 0.717) is 53.1 Å². The summed E-state index contributed by atoms with van der Waals surface area (Å²) in [4.78, 5) is 12.3. The molecule has 0 amide bonds. The number of halogens is 1. The normalized spacial score (nSPS) is 20.4. The summed E-state index contributed by atoms with van der Waals surface area (Å²) in [6.07, 6.45) is 7.79. The van der Waals surface area contributed by atoms with E-state index in [1.807, 2.05) is 13.8 Å². The van der Waals surface area contributed by atoms with Crippen LogP contribution in [0.2, 0.25) is 0 Å². The monoisotopic (exact) mass is 728 g/mol. The number of fused-ring (bicyclic) bond motifs is 1. The molecular formula is C38H53FN4O5S2. The Kier molecular flexibility index (Phi) is 11.1. The van der Waals surface area contributed by atoms with Gasteiger partial charge in [0.15, 0.2) is 16.5 Å². The number of rotatable bonds is 9. The van der Waals surface area contributed by atoms with Gasteiger partial charge in [-0.3, -0.25) is 9.88 Å². The van der Waals surface area contributed by atoms with Gasteiger partial charge in [0.1, 0.15) is 16.8 Å². The van der Waals surface area contributed by atoms with Crippen LogP contribution in [-0.2, 0) is 25.7 Å². The highest BCUT2D eigenvalue weighted by molar-refractivity contribution is 7.91. The standard InChI is InChI=1S/C38H53FN4O5S2/c1-37(2,3)26-38(4,5)48-34-10-8-30(24-32(34)39)50(45,46)35-25-40-33-9-7-29(49(6)44)23-31(33)36(35)43-17-13-27(14-18-43)41-15-11-28(12-16-41)42-19-21-47-22-20-42/h7-10,23-25,27-28H,11-22,26H2,1-6H3. The first-order valence-electron chi connectivity index (χ1n) is 17.9. The van der Waals surface area contributed by atoms with Crippen LogP contribution in [0.1, 0.15) is 66.7 Å². The molecule has 1 unspecified atom stereocenters. The molecule has 4 heterocycles. The van der Waals surface area contributed by atoms with Crippen LogP contribution in [0.15, 0.2) is 57.3 Å². The summed E-state index contributed by atoms with van der Waals surface area (Å²) in [7, 11) is -4.21. The zero-order chi connectivity index (χ0) is 35.8. The molecule has 3 saturated heterocycles. The fourth-order valence-electron chi connectivity index (χ4n) is 8.32. The molecule has 1 aromatic heterocycles. The molecule has 3 aromatic rings. The second-order valence-corrected chi connectivity index (χ2v) is 19.2. The second kappa shape index (κ2) is 14.9. The van der Waals surface area contributed by atoms with E-state index < -0.39 is 32.4 Å². The molecule has 274 valence electrons. The maximum Gasteiger partial charge on any atom is 0.210 e. The van der Waals surface area contributed by atoms with Gasteiger partial charge in [-0.15, -0.1) is 0 Å². The number of hydrogen-bond donors (Lipinski definition) is 0. The smallest absolute Gasteiger partial charge is 0.210 e. The molecule has 50 heavy (non-hydrogen) atoms. The van der Waals surface area contributed by atoms with E-state index in [2.05, 4.69) is 40.5 Å². The Hall–Kier alpha value is -2.48. The van der Waals surface area contributed by atoms with Crippen LogP contribution in [-0.4, -0.2) is 104 Å². The van der Waals surface area contributed by atoms with Crippen LogP contribution < -0.4 is 9.64 Å². The molecule has 0 saturated carbocycles. The molecule has 0 aliphatic carbocycles. The van der Waals surface area contributed by atoms with Crippen molar-refractivity contribution in [3.8, 4) is 5.75 Å². The van der Waals surface area contributed by atoms with Gasteiger partial charge in [0.2, 0.25) is 9.84 Å². The van der Waals surface area contributed by atoms with Gasteiger partial charge in [-0.25, -0.2) is 12.8 Å². The SMILES string of the molecule is C[S+]([O-])c1ccc2ncc(S(=O)(=O)c3ccc(OC(C)(C)CC(C)(C)C)c(F)c3)c(N3CCC(N4CCC(N5CCOCC5)CC4)CC3)c2c1. The Morgan fingerprint density at radius 2 is 1.54 bits per heavy atom. The van der Waals surface area contributed by atoms with Crippen molar-refractivity contribution in [2.24, 2.45) is 5.41 Å². The van der Waals surface area contributed by atoms with Gasteiger partial charge >= 0.3 is 0 Å². The first-order chi connectivity index (χ1) is 23.6. The Morgan fingerprint density at radius 1 is 0.920 bits per heavy atom. The quantitative estimate of drug-likeness (QED) is 0.235. The van der Waals surface area contributed by atoms with E-state index in [1.54, 1.807) is 24.5 Å². The Balaban J connectivity index is 1.26. The zero-order valence-corrected chi connectivity index (χ0v) is 32.0. The maximum atomic E-state index is 15.6. The molecule has 0 bridgehead atoms. The average molecular weight is 729 g/mol. The van der Waals surface area contributed by atoms with Crippen molar-refractivity contribution >= 4 is 37.6 Å². The summed E-state index contributed by atoms with van der Waals surface area (Å²) in [6, 6.07) is 10.3. The van der Waals surface area contributed by atoms with E-state index in [4.69, 9.17) is 9.47 Å². The van der Waals surface area contributed by atoms with E-state index in [1.165, 1.54) is 18.3 Å². The third-order valence-electron chi connectivity index (χ3n) is 10.3. The Labute approximate surface area is 300 Å². The molecule has 9 nitrogen and oxygen atoms in total. The van der Waals surface area contributed by atoms with Crippen LogP contribution in [0.5, 0.6) is 5.75 Å². The van der Waals surface area contributed by atoms with E-state index >= 15 is 4.39 Å². The van der Waals surface area contributed by atoms with Crippen molar-refractivity contribution in [3.05, 3.63) is 48.4 Å². The topological polar surface area (TPSA) is 98.3 Å². The number of anilines is 1. The molecule has 12 heteroatoms. The molecule has 6 rings (SSSR count). The summed E-state index contributed by atoms with van der Waals surface area (Å²) >= 11 is -1.27. The first-order valence-corrected chi connectivity index (χ1v) is 21.0. The van der Waals surface area contributed by atoms with Crippen LogP contribution >= 0.6 is 0 Å². The number of pyridine rings is 1. The van der Waals surface area contributed by atoms with Crippen molar-refractivity contribution in [2.45, 2.75) is 99.1 Å². The summed E-state index contributed by atoms with van der Waals surface area (Å²) in [6.45, 7) is 17.2. The zero-order valence-electron chi connectivity index (χ0n) is 30.4. The van der Waals surface area contributed by atoms with Gasteiger partial charge in [-0.05, 0) is 106 Å². The molecule has 0 N–H and O–H groups in total. The van der Waals surface area contributed by atoms with Crippen molar-refractivity contribution < 1.29 is 26.8 Å². The third-order valence-corrected chi connectivity index (χ3v) is 13.0. The number of morpholine rings is 1. The van der Waals surface area contributed by atoms with Crippen LogP contribution in [0, 0.1) is 11.2 Å². The Bertz CT molecular complexity index is 1760. The number of likely N-dealkylation sites (tertiary alicyclic amines) is 1. The maximum absolute atomic E-state index is 15.6. The van der Waals surface area contributed by atoms with Crippen molar-refractivity contribution in [2.75, 3.05) is 63.6 Å². The van der Waals surface area contributed by atoms with E-state index in [-0.39, 0.29) is 21.0 Å². The fourth-order valence-corrected chi connectivity index (χ4v) is 10.3. The minimum absolute atomic E-state index is 0.0150. The predicted molar refractivity (Wildman–Crippen MR) is 197 cm³/mol. The third kappa shape index (κ3) is 8.42. The van der Waals surface area contributed by atoms with Crippen molar-refractivity contribution in [1.29, 1.82) is 0 Å². The Morgan fingerprint density at radius 3 is 2.14 bits per heavy atom. The minimum Gasteiger partial charge on any atom is -0.612 e.